The van der Waals surface area contributed by atoms with Gasteiger partial charge in [-0.3, -0.25) is 4.90 Å². The Labute approximate surface area is 130 Å². The van der Waals surface area contributed by atoms with Crippen LogP contribution in [-0.4, -0.2) is 49.5 Å². The first-order valence-corrected chi connectivity index (χ1v) is 6.87. The molecule has 1 fully saturated rings. The summed E-state index contributed by atoms with van der Waals surface area (Å²) in [6.07, 6.45) is 0. The smallest absolute Gasteiger partial charge is 0.254 e. The fourth-order valence-corrected chi connectivity index (χ4v) is 2.17. The first-order chi connectivity index (χ1) is 9.92. The maximum Gasteiger partial charge on any atom is 0.254 e. The standard InChI is InChI=1S/C15H18N2O3.ClH/c1-2-4-13(5-3-1)14-12-15(16-20-14)19-11-8-17-6-9-18-10-7-17;/h1-5,12H,6-11H2;1H. The minimum Gasteiger partial charge on any atom is -0.474 e. The monoisotopic (exact) mass is 310 g/mol. The lowest BCUT2D eigenvalue weighted by Gasteiger charge is -2.26. The van der Waals surface area contributed by atoms with Gasteiger partial charge in [-0.1, -0.05) is 30.3 Å². The Bertz CT molecular complexity index is 527. The van der Waals surface area contributed by atoms with Crippen LogP contribution in [0.1, 0.15) is 0 Å². The van der Waals surface area contributed by atoms with Gasteiger partial charge in [-0.25, -0.2) is 0 Å². The average Bonchev–Trinajstić information content (AvgIpc) is 2.98. The SMILES string of the molecule is Cl.c1ccc(-c2cc(OCCN3CCOCC3)no2)cc1. The molecule has 1 aromatic heterocycles. The van der Waals surface area contributed by atoms with Gasteiger partial charge in [0.1, 0.15) is 6.61 Å². The number of hydrogen-bond acceptors (Lipinski definition) is 5. The lowest BCUT2D eigenvalue weighted by molar-refractivity contribution is 0.0318. The highest BCUT2D eigenvalue weighted by Crippen LogP contribution is 2.22. The van der Waals surface area contributed by atoms with Gasteiger partial charge in [0.25, 0.3) is 5.88 Å². The molecule has 0 bridgehead atoms. The molecule has 0 saturated carbocycles. The van der Waals surface area contributed by atoms with Crippen LogP contribution in [0, 0.1) is 0 Å². The van der Waals surface area contributed by atoms with Gasteiger partial charge in [0.2, 0.25) is 0 Å². The molecule has 3 rings (SSSR count). The first kappa shape index (κ1) is 15.8. The van der Waals surface area contributed by atoms with Crippen molar-refractivity contribution in [3.8, 4) is 17.2 Å². The predicted octanol–water partition coefficient (Wildman–Crippen LogP) is 2.47. The van der Waals surface area contributed by atoms with Crippen molar-refractivity contribution in [3.63, 3.8) is 0 Å². The quantitative estimate of drug-likeness (QED) is 0.849. The number of halogens is 1. The fraction of sp³-hybridized carbons (Fsp3) is 0.400. The predicted molar refractivity (Wildman–Crippen MR) is 81.9 cm³/mol. The van der Waals surface area contributed by atoms with E-state index in [-0.39, 0.29) is 12.4 Å². The number of morpholine rings is 1. The summed E-state index contributed by atoms with van der Waals surface area (Å²) in [5, 5.41) is 3.93. The van der Waals surface area contributed by atoms with Crippen LogP contribution in [0.5, 0.6) is 5.88 Å². The molecule has 2 heterocycles. The molecule has 1 saturated heterocycles. The Balaban J connectivity index is 0.00000161. The highest BCUT2D eigenvalue weighted by molar-refractivity contribution is 5.85. The third-order valence-electron chi connectivity index (χ3n) is 3.31. The molecule has 114 valence electrons. The number of nitrogens with zero attached hydrogens (tertiary/aromatic N) is 2. The van der Waals surface area contributed by atoms with E-state index in [0.717, 1.165) is 44.2 Å². The van der Waals surface area contributed by atoms with Crippen LogP contribution in [-0.2, 0) is 4.74 Å². The van der Waals surface area contributed by atoms with E-state index in [0.29, 0.717) is 12.5 Å². The topological polar surface area (TPSA) is 47.7 Å². The van der Waals surface area contributed by atoms with Crippen LogP contribution < -0.4 is 4.74 Å². The molecule has 0 spiro atoms. The fourth-order valence-electron chi connectivity index (χ4n) is 2.17. The van der Waals surface area contributed by atoms with E-state index in [1.165, 1.54) is 0 Å². The number of ether oxygens (including phenoxy) is 2. The van der Waals surface area contributed by atoms with Crippen molar-refractivity contribution in [1.29, 1.82) is 0 Å². The van der Waals surface area contributed by atoms with Crippen molar-refractivity contribution in [2.75, 3.05) is 39.5 Å². The van der Waals surface area contributed by atoms with E-state index in [2.05, 4.69) is 10.1 Å². The van der Waals surface area contributed by atoms with Crippen molar-refractivity contribution in [2.45, 2.75) is 0 Å². The number of hydrogen-bond donors (Lipinski definition) is 0. The van der Waals surface area contributed by atoms with Gasteiger partial charge in [-0.05, 0) is 5.16 Å². The largest absolute Gasteiger partial charge is 0.474 e. The van der Waals surface area contributed by atoms with Gasteiger partial charge in [0, 0.05) is 31.3 Å². The van der Waals surface area contributed by atoms with E-state index < -0.39 is 0 Å². The van der Waals surface area contributed by atoms with Crippen molar-refractivity contribution in [3.05, 3.63) is 36.4 Å². The Morgan fingerprint density at radius 3 is 2.67 bits per heavy atom. The van der Waals surface area contributed by atoms with E-state index in [1.807, 2.05) is 36.4 Å². The number of aromatic nitrogens is 1. The van der Waals surface area contributed by atoms with E-state index >= 15 is 0 Å². The maximum atomic E-state index is 5.62. The maximum absolute atomic E-state index is 5.62. The van der Waals surface area contributed by atoms with Gasteiger partial charge >= 0.3 is 0 Å². The second-order valence-corrected chi connectivity index (χ2v) is 4.70. The Hall–Kier alpha value is -1.56. The second-order valence-electron chi connectivity index (χ2n) is 4.70. The second kappa shape index (κ2) is 8.02. The van der Waals surface area contributed by atoms with E-state index in [4.69, 9.17) is 14.0 Å². The molecule has 1 aromatic carbocycles. The molecule has 0 amide bonds. The molecular weight excluding hydrogens is 292 g/mol. The lowest BCUT2D eigenvalue weighted by atomic mass is 10.2. The highest BCUT2D eigenvalue weighted by Gasteiger charge is 2.11. The molecule has 6 heteroatoms. The number of benzene rings is 1. The summed E-state index contributed by atoms with van der Waals surface area (Å²) in [6, 6.07) is 11.7. The molecule has 0 N–H and O–H groups in total. The zero-order valence-electron chi connectivity index (χ0n) is 11.7. The summed E-state index contributed by atoms with van der Waals surface area (Å²) in [5.74, 6) is 1.27. The average molecular weight is 311 g/mol. The third kappa shape index (κ3) is 4.46. The summed E-state index contributed by atoms with van der Waals surface area (Å²) in [4.78, 5) is 2.32. The molecule has 2 aromatic rings. The summed E-state index contributed by atoms with van der Waals surface area (Å²) in [5.41, 5.74) is 1.00. The first-order valence-electron chi connectivity index (χ1n) is 6.87. The molecular formula is C15H19ClN2O3. The molecule has 0 atom stereocenters. The van der Waals surface area contributed by atoms with Crippen LogP contribution in [0.2, 0.25) is 0 Å². The highest BCUT2D eigenvalue weighted by atomic mass is 35.5. The van der Waals surface area contributed by atoms with Crippen LogP contribution in [0.4, 0.5) is 0 Å². The normalized spacial score (nSPS) is 15.4. The van der Waals surface area contributed by atoms with E-state index in [1.54, 1.807) is 0 Å². The van der Waals surface area contributed by atoms with Crippen LogP contribution in [0.25, 0.3) is 11.3 Å². The molecule has 0 aliphatic carbocycles. The van der Waals surface area contributed by atoms with Crippen LogP contribution in [0.3, 0.4) is 0 Å². The van der Waals surface area contributed by atoms with Crippen molar-refractivity contribution in [2.24, 2.45) is 0 Å². The van der Waals surface area contributed by atoms with Crippen molar-refractivity contribution >= 4 is 12.4 Å². The molecule has 1 aliphatic heterocycles. The lowest BCUT2D eigenvalue weighted by Crippen LogP contribution is -2.38. The Morgan fingerprint density at radius 2 is 1.90 bits per heavy atom. The molecule has 21 heavy (non-hydrogen) atoms. The zero-order valence-corrected chi connectivity index (χ0v) is 12.6. The Morgan fingerprint density at radius 1 is 1.14 bits per heavy atom. The number of rotatable bonds is 5. The summed E-state index contributed by atoms with van der Waals surface area (Å²) in [6.45, 7) is 5.05. The van der Waals surface area contributed by atoms with Gasteiger partial charge in [0.15, 0.2) is 5.76 Å². The minimum absolute atomic E-state index is 0. The molecule has 5 nitrogen and oxygen atoms in total. The van der Waals surface area contributed by atoms with Crippen LogP contribution in [0.15, 0.2) is 40.9 Å². The molecule has 0 unspecified atom stereocenters. The summed E-state index contributed by atoms with van der Waals surface area (Å²) >= 11 is 0. The van der Waals surface area contributed by atoms with Gasteiger partial charge in [-0.2, -0.15) is 0 Å². The van der Waals surface area contributed by atoms with E-state index in [9.17, 15) is 0 Å². The van der Waals surface area contributed by atoms with Gasteiger partial charge in [-0.15, -0.1) is 12.4 Å². The summed E-state index contributed by atoms with van der Waals surface area (Å²) < 4.78 is 16.2. The summed E-state index contributed by atoms with van der Waals surface area (Å²) in [7, 11) is 0. The third-order valence-corrected chi connectivity index (χ3v) is 3.31. The Kier molecular flexibility index (Phi) is 6.04. The molecule has 1 aliphatic rings. The zero-order chi connectivity index (χ0) is 13.6. The van der Waals surface area contributed by atoms with Gasteiger partial charge in [0.05, 0.1) is 13.2 Å². The van der Waals surface area contributed by atoms with Crippen LogP contribution >= 0.6 is 12.4 Å². The molecule has 0 radical (unpaired) electrons. The minimum atomic E-state index is 0. The van der Waals surface area contributed by atoms with Gasteiger partial charge < -0.3 is 14.0 Å². The van der Waals surface area contributed by atoms with Crippen molar-refractivity contribution in [1.82, 2.24) is 10.1 Å². The van der Waals surface area contributed by atoms with Crippen molar-refractivity contribution < 1.29 is 14.0 Å².